The molecule has 1 heterocycles. The standard InChI is InChI=1S/C22H20F3N3O2/c1-30-17-9-6-15(7-10-17)12-13-26-20-11-8-16(14-27-20)28-21(29)18-4-2-3-5-19(18)22(23,24)25/h2-11,14H,12-13H2,1H3,(H,26,27)(H,28,29). The average molecular weight is 415 g/mol. The molecule has 0 aliphatic carbocycles. The van der Waals surface area contributed by atoms with Crippen LogP contribution in [0.15, 0.2) is 66.9 Å². The van der Waals surface area contributed by atoms with E-state index in [0.29, 0.717) is 18.1 Å². The van der Waals surface area contributed by atoms with Crippen LogP contribution in [0.5, 0.6) is 5.75 Å². The number of hydrogen-bond donors (Lipinski definition) is 2. The van der Waals surface area contributed by atoms with E-state index >= 15 is 0 Å². The predicted octanol–water partition coefficient (Wildman–Crippen LogP) is 5.02. The number of halogens is 3. The molecule has 0 radical (unpaired) electrons. The number of alkyl halides is 3. The maximum atomic E-state index is 13.1. The molecule has 0 aliphatic rings. The number of carbonyl (C=O) groups is 1. The zero-order valence-electron chi connectivity index (χ0n) is 16.2. The van der Waals surface area contributed by atoms with Crippen LogP contribution in [0.3, 0.4) is 0 Å². The number of benzene rings is 2. The normalized spacial score (nSPS) is 11.1. The van der Waals surface area contributed by atoms with Crippen molar-refractivity contribution in [3.63, 3.8) is 0 Å². The van der Waals surface area contributed by atoms with Gasteiger partial charge in [0, 0.05) is 6.54 Å². The molecule has 30 heavy (non-hydrogen) atoms. The number of carbonyl (C=O) groups excluding carboxylic acids is 1. The van der Waals surface area contributed by atoms with Gasteiger partial charge in [-0.2, -0.15) is 13.2 Å². The van der Waals surface area contributed by atoms with Gasteiger partial charge in [-0.1, -0.05) is 24.3 Å². The van der Waals surface area contributed by atoms with E-state index in [2.05, 4.69) is 15.6 Å². The van der Waals surface area contributed by atoms with Gasteiger partial charge in [-0.05, 0) is 48.4 Å². The largest absolute Gasteiger partial charge is 0.497 e. The molecule has 0 aliphatic heterocycles. The Bertz CT molecular complexity index is 988. The number of nitrogens with one attached hydrogen (secondary N) is 2. The van der Waals surface area contributed by atoms with E-state index in [1.165, 1.54) is 18.3 Å². The van der Waals surface area contributed by atoms with Crippen molar-refractivity contribution in [1.29, 1.82) is 0 Å². The molecule has 1 amide bonds. The van der Waals surface area contributed by atoms with Crippen molar-refractivity contribution in [2.24, 2.45) is 0 Å². The highest BCUT2D eigenvalue weighted by atomic mass is 19.4. The number of pyridine rings is 1. The van der Waals surface area contributed by atoms with Crippen molar-refractivity contribution < 1.29 is 22.7 Å². The Morgan fingerprint density at radius 1 is 1.03 bits per heavy atom. The first kappa shape index (κ1) is 21.2. The predicted molar refractivity (Wildman–Crippen MR) is 109 cm³/mol. The summed E-state index contributed by atoms with van der Waals surface area (Å²) in [5.74, 6) is 0.547. The molecule has 0 spiro atoms. The van der Waals surface area contributed by atoms with Gasteiger partial charge in [0.15, 0.2) is 0 Å². The number of rotatable bonds is 7. The zero-order chi connectivity index (χ0) is 21.6. The smallest absolute Gasteiger partial charge is 0.417 e. The molecular formula is C22H20F3N3O2. The fraction of sp³-hybridized carbons (Fsp3) is 0.182. The Hall–Kier alpha value is -3.55. The van der Waals surface area contributed by atoms with Gasteiger partial charge in [0.05, 0.1) is 30.1 Å². The molecule has 5 nitrogen and oxygen atoms in total. The van der Waals surface area contributed by atoms with E-state index in [9.17, 15) is 18.0 Å². The molecule has 3 aromatic rings. The van der Waals surface area contributed by atoms with E-state index in [4.69, 9.17) is 4.74 Å². The molecule has 8 heteroatoms. The Morgan fingerprint density at radius 3 is 2.40 bits per heavy atom. The molecule has 0 unspecified atom stereocenters. The van der Waals surface area contributed by atoms with Crippen LogP contribution in [0.1, 0.15) is 21.5 Å². The van der Waals surface area contributed by atoms with Gasteiger partial charge in [-0.25, -0.2) is 4.98 Å². The van der Waals surface area contributed by atoms with Crippen LogP contribution >= 0.6 is 0 Å². The Kier molecular flexibility index (Phi) is 6.56. The van der Waals surface area contributed by atoms with Crippen molar-refractivity contribution in [3.05, 3.63) is 83.6 Å². The first-order valence-electron chi connectivity index (χ1n) is 9.17. The first-order valence-corrected chi connectivity index (χ1v) is 9.17. The molecule has 0 fully saturated rings. The van der Waals surface area contributed by atoms with Crippen molar-refractivity contribution in [2.75, 3.05) is 24.3 Å². The molecule has 0 saturated carbocycles. The SMILES string of the molecule is COc1ccc(CCNc2ccc(NC(=O)c3ccccc3C(F)(F)F)cn2)cc1. The van der Waals surface area contributed by atoms with Gasteiger partial charge in [-0.3, -0.25) is 4.79 Å². The lowest BCUT2D eigenvalue weighted by Crippen LogP contribution is -2.18. The molecule has 0 saturated heterocycles. The van der Waals surface area contributed by atoms with Crippen molar-refractivity contribution in [3.8, 4) is 5.75 Å². The molecule has 1 aromatic heterocycles. The summed E-state index contributed by atoms with van der Waals surface area (Å²) in [5, 5.41) is 5.61. The first-order chi connectivity index (χ1) is 14.4. The minimum atomic E-state index is -4.61. The second-order valence-electron chi connectivity index (χ2n) is 6.45. The van der Waals surface area contributed by atoms with Crippen LogP contribution in [0.2, 0.25) is 0 Å². The quantitative estimate of drug-likeness (QED) is 0.569. The van der Waals surface area contributed by atoms with Crippen LogP contribution in [0, 0.1) is 0 Å². The Labute approximate surface area is 171 Å². The maximum absolute atomic E-state index is 13.1. The number of anilines is 2. The van der Waals surface area contributed by atoms with Gasteiger partial charge in [0.1, 0.15) is 11.6 Å². The number of nitrogens with zero attached hydrogens (tertiary/aromatic N) is 1. The number of ether oxygens (including phenoxy) is 1. The minimum absolute atomic E-state index is 0.303. The topological polar surface area (TPSA) is 63.2 Å². The van der Waals surface area contributed by atoms with Gasteiger partial charge >= 0.3 is 6.18 Å². The molecule has 0 atom stereocenters. The maximum Gasteiger partial charge on any atom is 0.417 e. The highest BCUT2D eigenvalue weighted by Gasteiger charge is 2.34. The fourth-order valence-corrected chi connectivity index (χ4v) is 2.83. The third kappa shape index (κ3) is 5.50. The molecular weight excluding hydrogens is 395 g/mol. The van der Waals surface area contributed by atoms with E-state index < -0.39 is 23.2 Å². The van der Waals surface area contributed by atoms with Gasteiger partial charge in [-0.15, -0.1) is 0 Å². The summed E-state index contributed by atoms with van der Waals surface area (Å²) < 4.78 is 44.3. The number of aromatic nitrogens is 1. The second-order valence-corrected chi connectivity index (χ2v) is 6.45. The minimum Gasteiger partial charge on any atom is -0.497 e. The lowest BCUT2D eigenvalue weighted by molar-refractivity contribution is -0.137. The summed E-state index contributed by atoms with van der Waals surface area (Å²) in [6.07, 6.45) is -2.44. The van der Waals surface area contributed by atoms with Gasteiger partial charge in [0.25, 0.3) is 5.91 Å². The monoisotopic (exact) mass is 415 g/mol. The number of hydrogen-bond acceptors (Lipinski definition) is 4. The van der Waals surface area contributed by atoms with Crippen LogP contribution in [-0.4, -0.2) is 24.5 Å². The van der Waals surface area contributed by atoms with Crippen LogP contribution < -0.4 is 15.4 Å². The van der Waals surface area contributed by atoms with Crippen molar-refractivity contribution in [1.82, 2.24) is 4.98 Å². The average Bonchev–Trinajstić information content (AvgIpc) is 2.75. The van der Waals surface area contributed by atoms with Crippen LogP contribution in [-0.2, 0) is 12.6 Å². The van der Waals surface area contributed by atoms with Crippen LogP contribution in [0.25, 0.3) is 0 Å². The van der Waals surface area contributed by atoms with E-state index in [0.717, 1.165) is 29.9 Å². The second kappa shape index (κ2) is 9.30. The van der Waals surface area contributed by atoms with Crippen molar-refractivity contribution >= 4 is 17.4 Å². The molecule has 3 rings (SSSR count). The van der Waals surface area contributed by atoms with E-state index in [1.54, 1.807) is 19.2 Å². The molecule has 0 bridgehead atoms. The Morgan fingerprint density at radius 2 is 1.77 bits per heavy atom. The third-order valence-corrected chi connectivity index (χ3v) is 4.38. The van der Waals surface area contributed by atoms with E-state index in [1.807, 2.05) is 24.3 Å². The summed E-state index contributed by atoms with van der Waals surface area (Å²) in [7, 11) is 1.61. The third-order valence-electron chi connectivity index (χ3n) is 4.38. The van der Waals surface area contributed by atoms with Gasteiger partial charge in [0.2, 0.25) is 0 Å². The molecule has 2 aromatic carbocycles. The van der Waals surface area contributed by atoms with Crippen LogP contribution in [0.4, 0.5) is 24.7 Å². The molecule has 2 N–H and O–H groups in total. The fourth-order valence-electron chi connectivity index (χ4n) is 2.83. The zero-order valence-corrected chi connectivity index (χ0v) is 16.2. The van der Waals surface area contributed by atoms with E-state index in [-0.39, 0.29) is 0 Å². The summed E-state index contributed by atoms with van der Waals surface area (Å²) >= 11 is 0. The number of methoxy groups -OCH3 is 1. The highest BCUT2D eigenvalue weighted by Crippen LogP contribution is 2.32. The lowest BCUT2D eigenvalue weighted by atomic mass is 10.1. The van der Waals surface area contributed by atoms with Crippen molar-refractivity contribution in [2.45, 2.75) is 12.6 Å². The number of amides is 1. The lowest BCUT2D eigenvalue weighted by Gasteiger charge is -2.13. The summed E-state index contributed by atoms with van der Waals surface area (Å²) in [6.45, 7) is 0.643. The highest BCUT2D eigenvalue weighted by molar-refractivity contribution is 6.05. The summed E-state index contributed by atoms with van der Waals surface area (Å²) in [4.78, 5) is 16.5. The molecule has 156 valence electrons. The Balaban J connectivity index is 1.56. The summed E-state index contributed by atoms with van der Waals surface area (Å²) in [6, 6.07) is 15.6. The van der Waals surface area contributed by atoms with Gasteiger partial charge < -0.3 is 15.4 Å². The summed E-state index contributed by atoms with van der Waals surface area (Å²) in [5.41, 5.74) is 0.0205.